The summed E-state index contributed by atoms with van der Waals surface area (Å²) in [6, 6.07) is 9.04. The number of nitrogens with one attached hydrogen (secondary N) is 1. The standard InChI is InChI=1S/C17H24N2O6/c1-17(2,3)25-15(22)18-9-10-19(11-14(20)21)16(23)24-12-13-7-5-4-6-8-13/h4-8H,9-12H2,1-3H3,(H,18,22)(H,20,21). The first-order valence-electron chi connectivity index (χ1n) is 7.81. The Morgan fingerprint density at radius 1 is 1.16 bits per heavy atom. The van der Waals surface area contributed by atoms with Crippen molar-refractivity contribution in [3.63, 3.8) is 0 Å². The summed E-state index contributed by atoms with van der Waals surface area (Å²) in [5.74, 6) is -1.17. The molecule has 0 atom stereocenters. The topological polar surface area (TPSA) is 105 Å². The van der Waals surface area contributed by atoms with Gasteiger partial charge >= 0.3 is 18.2 Å². The van der Waals surface area contributed by atoms with Gasteiger partial charge in [0.05, 0.1) is 0 Å². The van der Waals surface area contributed by atoms with Crippen LogP contribution in [-0.2, 0) is 20.9 Å². The molecule has 8 nitrogen and oxygen atoms in total. The number of carbonyl (C=O) groups is 3. The minimum atomic E-state index is -1.17. The van der Waals surface area contributed by atoms with E-state index in [1.54, 1.807) is 32.9 Å². The SMILES string of the molecule is CC(C)(C)OC(=O)NCCN(CC(=O)O)C(=O)OCc1ccccc1. The average Bonchev–Trinajstić information content (AvgIpc) is 2.50. The Morgan fingerprint density at radius 3 is 2.36 bits per heavy atom. The molecular weight excluding hydrogens is 328 g/mol. The van der Waals surface area contributed by atoms with Crippen LogP contribution in [0.25, 0.3) is 0 Å². The van der Waals surface area contributed by atoms with Gasteiger partial charge in [-0.15, -0.1) is 0 Å². The first-order valence-corrected chi connectivity index (χ1v) is 7.81. The van der Waals surface area contributed by atoms with Gasteiger partial charge in [-0.25, -0.2) is 9.59 Å². The molecular formula is C17H24N2O6. The van der Waals surface area contributed by atoms with Gasteiger partial charge in [-0.3, -0.25) is 9.69 Å². The molecule has 0 radical (unpaired) electrons. The highest BCUT2D eigenvalue weighted by atomic mass is 16.6. The molecule has 0 fully saturated rings. The number of hydrogen-bond donors (Lipinski definition) is 2. The molecule has 0 aliphatic rings. The number of aliphatic carboxylic acids is 1. The van der Waals surface area contributed by atoms with Gasteiger partial charge in [-0.1, -0.05) is 30.3 Å². The van der Waals surface area contributed by atoms with Crippen LogP contribution in [-0.4, -0.2) is 53.4 Å². The fraction of sp³-hybridized carbons (Fsp3) is 0.471. The van der Waals surface area contributed by atoms with Gasteiger partial charge in [0.1, 0.15) is 18.8 Å². The summed E-state index contributed by atoms with van der Waals surface area (Å²) >= 11 is 0. The number of benzene rings is 1. The number of carbonyl (C=O) groups excluding carboxylic acids is 2. The Balaban J connectivity index is 2.48. The molecule has 0 spiro atoms. The molecule has 25 heavy (non-hydrogen) atoms. The normalized spacial score (nSPS) is 10.7. The molecule has 1 aromatic carbocycles. The number of ether oxygens (including phenoxy) is 2. The van der Waals surface area contributed by atoms with Gasteiger partial charge in [0, 0.05) is 13.1 Å². The summed E-state index contributed by atoms with van der Waals surface area (Å²) in [5, 5.41) is 11.4. The maximum atomic E-state index is 12.1. The maximum Gasteiger partial charge on any atom is 0.410 e. The second-order valence-corrected chi connectivity index (χ2v) is 6.28. The first-order chi connectivity index (χ1) is 11.7. The zero-order chi connectivity index (χ0) is 18.9. The highest BCUT2D eigenvalue weighted by Crippen LogP contribution is 2.06. The van der Waals surface area contributed by atoms with Crippen molar-refractivity contribution in [1.29, 1.82) is 0 Å². The highest BCUT2D eigenvalue weighted by Gasteiger charge is 2.20. The lowest BCUT2D eigenvalue weighted by atomic mass is 10.2. The predicted octanol–water partition coefficient (Wildman–Crippen LogP) is 2.23. The Hall–Kier alpha value is -2.77. The van der Waals surface area contributed by atoms with E-state index in [-0.39, 0.29) is 19.7 Å². The van der Waals surface area contributed by atoms with Crippen molar-refractivity contribution in [1.82, 2.24) is 10.2 Å². The molecule has 2 N–H and O–H groups in total. The van der Waals surface area contributed by atoms with E-state index in [4.69, 9.17) is 14.6 Å². The monoisotopic (exact) mass is 352 g/mol. The average molecular weight is 352 g/mol. The Morgan fingerprint density at radius 2 is 1.80 bits per heavy atom. The van der Waals surface area contributed by atoms with E-state index in [0.717, 1.165) is 10.5 Å². The number of hydrogen-bond acceptors (Lipinski definition) is 5. The van der Waals surface area contributed by atoms with Crippen LogP contribution in [0, 0.1) is 0 Å². The third-order valence-electron chi connectivity index (χ3n) is 2.84. The third kappa shape index (κ3) is 9.19. The minimum Gasteiger partial charge on any atom is -0.480 e. The second kappa shape index (κ2) is 9.51. The number of carboxylic acid groups (broad SMARTS) is 1. The number of rotatable bonds is 7. The Labute approximate surface area is 146 Å². The van der Waals surface area contributed by atoms with Crippen LogP contribution < -0.4 is 5.32 Å². The van der Waals surface area contributed by atoms with Crippen LogP contribution in [0.1, 0.15) is 26.3 Å². The Bertz CT molecular complexity index is 583. The smallest absolute Gasteiger partial charge is 0.410 e. The van der Waals surface area contributed by atoms with Gasteiger partial charge in [0.15, 0.2) is 0 Å². The number of nitrogens with zero attached hydrogens (tertiary/aromatic N) is 1. The first kappa shape index (κ1) is 20.3. The fourth-order valence-corrected chi connectivity index (χ4v) is 1.82. The van der Waals surface area contributed by atoms with E-state index < -0.39 is 30.3 Å². The predicted molar refractivity (Wildman–Crippen MR) is 90.1 cm³/mol. The molecule has 0 saturated heterocycles. The summed E-state index contributed by atoms with van der Waals surface area (Å²) < 4.78 is 10.2. The molecule has 0 heterocycles. The molecule has 1 rings (SSSR count). The highest BCUT2D eigenvalue weighted by molar-refractivity contribution is 5.76. The quantitative estimate of drug-likeness (QED) is 0.780. The van der Waals surface area contributed by atoms with Crippen molar-refractivity contribution < 1.29 is 29.0 Å². The lowest BCUT2D eigenvalue weighted by molar-refractivity contribution is -0.138. The third-order valence-corrected chi connectivity index (χ3v) is 2.84. The molecule has 0 aliphatic heterocycles. The van der Waals surface area contributed by atoms with Crippen LogP contribution in [0.3, 0.4) is 0 Å². The molecule has 138 valence electrons. The van der Waals surface area contributed by atoms with E-state index in [1.807, 2.05) is 18.2 Å². The summed E-state index contributed by atoms with van der Waals surface area (Å²) in [5.41, 5.74) is 0.150. The van der Waals surface area contributed by atoms with Crippen molar-refractivity contribution in [2.24, 2.45) is 0 Å². The van der Waals surface area contributed by atoms with E-state index in [2.05, 4.69) is 5.32 Å². The Kier molecular flexibility index (Phi) is 7.71. The van der Waals surface area contributed by atoms with Crippen molar-refractivity contribution in [2.75, 3.05) is 19.6 Å². The number of amides is 2. The molecule has 0 aliphatic carbocycles. The van der Waals surface area contributed by atoms with E-state index in [0.29, 0.717) is 0 Å². The van der Waals surface area contributed by atoms with Crippen molar-refractivity contribution in [3.05, 3.63) is 35.9 Å². The fourth-order valence-electron chi connectivity index (χ4n) is 1.82. The summed E-state index contributed by atoms with van der Waals surface area (Å²) in [4.78, 5) is 35.5. The summed E-state index contributed by atoms with van der Waals surface area (Å²) in [7, 11) is 0. The van der Waals surface area contributed by atoms with E-state index >= 15 is 0 Å². The summed E-state index contributed by atoms with van der Waals surface area (Å²) in [6.07, 6.45) is -1.40. The second-order valence-electron chi connectivity index (χ2n) is 6.28. The van der Waals surface area contributed by atoms with Gasteiger partial charge < -0.3 is 19.9 Å². The zero-order valence-corrected chi connectivity index (χ0v) is 14.7. The van der Waals surface area contributed by atoms with Crippen LogP contribution >= 0.6 is 0 Å². The van der Waals surface area contributed by atoms with Gasteiger partial charge in [0.2, 0.25) is 0 Å². The molecule has 2 amide bonds. The minimum absolute atomic E-state index is 0.0147. The van der Waals surface area contributed by atoms with Crippen LogP contribution in [0.2, 0.25) is 0 Å². The number of alkyl carbamates (subject to hydrolysis) is 1. The zero-order valence-electron chi connectivity index (χ0n) is 14.7. The van der Waals surface area contributed by atoms with Gasteiger partial charge in [-0.05, 0) is 26.3 Å². The molecule has 0 saturated carbocycles. The largest absolute Gasteiger partial charge is 0.480 e. The van der Waals surface area contributed by atoms with Gasteiger partial charge in [0.25, 0.3) is 0 Å². The molecule has 1 aromatic rings. The van der Waals surface area contributed by atoms with Crippen molar-refractivity contribution in [3.8, 4) is 0 Å². The van der Waals surface area contributed by atoms with E-state index in [9.17, 15) is 14.4 Å². The van der Waals surface area contributed by atoms with Crippen molar-refractivity contribution >= 4 is 18.2 Å². The molecule has 8 heteroatoms. The van der Waals surface area contributed by atoms with Gasteiger partial charge in [-0.2, -0.15) is 0 Å². The maximum absolute atomic E-state index is 12.1. The lowest BCUT2D eigenvalue weighted by Gasteiger charge is -2.22. The summed E-state index contributed by atoms with van der Waals surface area (Å²) in [6.45, 7) is 4.72. The molecule has 0 bridgehead atoms. The molecule has 0 unspecified atom stereocenters. The van der Waals surface area contributed by atoms with E-state index in [1.165, 1.54) is 0 Å². The van der Waals surface area contributed by atoms with Crippen LogP contribution in [0.4, 0.5) is 9.59 Å². The lowest BCUT2D eigenvalue weighted by Crippen LogP contribution is -2.42. The molecule has 0 aromatic heterocycles. The number of carboxylic acids is 1. The van der Waals surface area contributed by atoms with Crippen LogP contribution in [0.5, 0.6) is 0 Å². The van der Waals surface area contributed by atoms with Crippen molar-refractivity contribution in [2.45, 2.75) is 33.0 Å². The van der Waals surface area contributed by atoms with Crippen LogP contribution in [0.15, 0.2) is 30.3 Å².